The van der Waals surface area contributed by atoms with Crippen molar-refractivity contribution < 1.29 is 52.7 Å². The minimum atomic E-state index is -1.41. The van der Waals surface area contributed by atoms with Gasteiger partial charge >= 0.3 is 23.9 Å². The van der Waals surface area contributed by atoms with Crippen LogP contribution in [0.5, 0.6) is 0 Å². The topological polar surface area (TPSA) is 168 Å². The van der Waals surface area contributed by atoms with Crippen molar-refractivity contribution in [2.45, 2.75) is 77.0 Å². The Labute approximate surface area is 196 Å². The van der Waals surface area contributed by atoms with Crippen LogP contribution in [-0.2, 0) is 47.6 Å². The van der Waals surface area contributed by atoms with E-state index in [1.165, 1.54) is 18.2 Å². The van der Waals surface area contributed by atoms with Crippen molar-refractivity contribution in [1.29, 1.82) is 5.26 Å². The van der Waals surface area contributed by atoms with Gasteiger partial charge in [0, 0.05) is 40.2 Å². The van der Waals surface area contributed by atoms with Gasteiger partial charge in [-0.3, -0.25) is 19.2 Å². The number of rotatable bonds is 7. The number of carbonyl (C=O) groups excluding carboxylic acids is 4. The van der Waals surface area contributed by atoms with E-state index in [9.17, 15) is 24.3 Å². The lowest BCUT2D eigenvalue weighted by Gasteiger charge is -2.45. The lowest BCUT2D eigenvalue weighted by molar-refractivity contribution is -0.315. The highest BCUT2D eigenvalue weighted by Gasteiger charge is 2.53. The summed E-state index contributed by atoms with van der Waals surface area (Å²) in [5.74, 6) is -2.93. The molecular formula is C22H27NO11. The van der Waals surface area contributed by atoms with Crippen LogP contribution < -0.4 is 0 Å². The number of esters is 4. The van der Waals surface area contributed by atoms with Gasteiger partial charge < -0.3 is 33.5 Å². The number of allylic oxidation sites excluding steroid dienone is 1. The summed E-state index contributed by atoms with van der Waals surface area (Å²) in [6.07, 6.45) is -4.14. The van der Waals surface area contributed by atoms with Gasteiger partial charge in [-0.25, -0.2) is 0 Å². The molecule has 0 aromatic heterocycles. The quantitative estimate of drug-likeness (QED) is 0.299. The van der Waals surface area contributed by atoms with Crippen LogP contribution in [0.2, 0.25) is 0 Å². The summed E-state index contributed by atoms with van der Waals surface area (Å²) in [5, 5.41) is 19.1. The molecule has 12 nitrogen and oxygen atoms in total. The fourth-order valence-electron chi connectivity index (χ4n) is 3.57. The van der Waals surface area contributed by atoms with Gasteiger partial charge in [-0.05, 0) is 5.57 Å². The highest BCUT2D eigenvalue weighted by molar-refractivity contribution is 5.68. The van der Waals surface area contributed by atoms with E-state index < -0.39 is 73.4 Å². The largest absolute Gasteiger partial charge is 0.463 e. The second-order valence-electron chi connectivity index (χ2n) is 7.63. The molecule has 0 unspecified atom stereocenters. The fraction of sp³-hybridized carbons (Fsp3) is 0.591. The molecule has 1 fully saturated rings. The van der Waals surface area contributed by atoms with Gasteiger partial charge in [-0.1, -0.05) is 12.2 Å². The van der Waals surface area contributed by atoms with Gasteiger partial charge in [0.15, 0.2) is 24.6 Å². The van der Waals surface area contributed by atoms with E-state index in [1.54, 1.807) is 0 Å². The van der Waals surface area contributed by atoms with Gasteiger partial charge in [0.1, 0.15) is 12.7 Å². The van der Waals surface area contributed by atoms with Gasteiger partial charge in [0.2, 0.25) is 0 Å². The first kappa shape index (κ1) is 27.0. The van der Waals surface area contributed by atoms with E-state index in [1.807, 2.05) is 6.07 Å². The average Bonchev–Trinajstić information content (AvgIpc) is 2.72. The smallest absolute Gasteiger partial charge is 0.303 e. The van der Waals surface area contributed by atoms with Crippen LogP contribution >= 0.6 is 0 Å². The minimum Gasteiger partial charge on any atom is -0.463 e. The zero-order chi connectivity index (χ0) is 25.4. The predicted octanol–water partition coefficient (Wildman–Crippen LogP) is 0.225. The van der Waals surface area contributed by atoms with E-state index in [2.05, 4.69) is 0 Å². The van der Waals surface area contributed by atoms with E-state index in [0.29, 0.717) is 5.57 Å². The second-order valence-corrected chi connectivity index (χ2v) is 7.63. The van der Waals surface area contributed by atoms with Crippen molar-refractivity contribution >= 4 is 23.9 Å². The molecule has 12 heteroatoms. The molecule has 1 saturated heterocycles. The molecule has 0 spiro atoms. The van der Waals surface area contributed by atoms with Gasteiger partial charge in [-0.2, -0.15) is 5.26 Å². The monoisotopic (exact) mass is 481 g/mol. The molecule has 186 valence electrons. The summed E-state index contributed by atoms with van der Waals surface area (Å²) in [7, 11) is 0. The summed E-state index contributed by atoms with van der Waals surface area (Å²) in [5.41, 5.74) is 0.417. The lowest BCUT2D eigenvalue weighted by Crippen LogP contribution is -2.63. The second kappa shape index (κ2) is 12.3. The number of aliphatic hydroxyl groups excluding tert-OH is 1. The van der Waals surface area contributed by atoms with E-state index in [-0.39, 0.29) is 6.42 Å². The van der Waals surface area contributed by atoms with Crippen LogP contribution in [0.1, 0.15) is 34.1 Å². The summed E-state index contributed by atoms with van der Waals surface area (Å²) in [6.45, 7) is 4.11. The average molecular weight is 481 g/mol. The van der Waals surface area contributed by atoms with E-state index in [4.69, 9.17) is 33.7 Å². The number of aliphatic hydroxyl groups is 1. The molecule has 2 rings (SSSR count). The molecule has 0 bridgehead atoms. The van der Waals surface area contributed by atoms with Crippen molar-refractivity contribution in [3.05, 3.63) is 23.8 Å². The van der Waals surface area contributed by atoms with Crippen LogP contribution in [-0.4, -0.2) is 78.5 Å². The molecule has 2 aliphatic rings. The van der Waals surface area contributed by atoms with Crippen molar-refractivity contribution in [3.8, 4) is 6.07 Å². The van der Waals surface area contributed by atoms with Gasteiger partial charge in [0.25, 0.3) is 0 Å². The van der Waals surface area contributed by atoms with Crippen molar-refractivity contribution in [1.82, 2.24) is 0 Å². The first-order valence-electron chi connectivity index (χ1n) is 10.4. The highest BCUT2D eigenvalue weighted by atomic mass is 16.7. The van der Waals surface area contributed by atoms with Crippen LogP contribution in [0, 0.1) is 11.3 Å². The van der Waals surface area contributed by atoms with Gasteiger partial charge in [-0.15, -0.1) is 0 Å². The maximum atomic E-state index is 11.9. The minimum absolute atomic E-state index is 0.0525. The molecule has 1 N–H and O–H groups in total. The maximum absolute atomic E-state index is 11.9. The maximum Gasteiger partial charge on any atom is 0.303 e. The van der Waals surface area contributed by atoms with Gasteiger partial charge in [0.05, 0.1) is 18.3 Å². The molecular weight excluding hydrogens is 454 g/mol. The number of hydrogen-bond acceptors (Lipinski definition) is 12. The number of carbonyl (C=O) groups is 4. The first-order valence-corrected chi connectivity index (χ1v) is 10.4. The Balaban J connectivity index is 2.47. The zero-order valence-electron chi connectivity index (χ0n) is 19.2. The summed E-state index contributed by atoms with van der Waals surface area (Å²) in [6, 6.07) is 1.88. The Kier molecular flexibility index (Phi) is 9.73. The Morgan fingerprint density at radius 2 is 1.62 bits per heavy atom. The van der Waals surface area contributed by atoms with E-state index in [0.717, 1.165) is 27.7 Å². The molecule has 0 aromatic rings. The Bertz CT molecular complexity index is 890. The molecule has 0 radical (unpaired) electrons. The standard InChI is InChI=1S/C22H27NO11/c1-11(24)29-10-18-19(30-12(2)25)20(31-13(3)26)21(32-14(4)27)22(34-18)33-17-9-16(28)6-5-15(17)7-8-23/h5-7,16-22,28H,9-10H2,1-4H3/b15-7-/t16-,17+,18+,19+,20-,21+,22+/m0/s1. The predicted molar refractivity (Wildman–Crippen MR) is 110 cm³/mol. The van der Waals surface area contributed by atoms with Crippen LogP contribution in [0.25, 0.3) is 0 Å². The lowest BCUT2D eigenvalue weighted by atomic mass is 9.95. The van der Waals surface area contributed by atoms with Crippen molar-refractivity contribution in [2.24, 2.45) is 0 Å². The molecule has 1 aliphatic carbocycles. The molecule has 7 atom stereocenters. The van der Waals surface area contributed by atoms with Crippen LogP contribution in [0.3, 0.4) is 0 Å². The first-order chi connectivity index (χ1) is 16.0. The summed E-state index contributed by atoms with van der Waals surface area (Å²) >= 11 is 0. The Hall–Kier alpha value is -3.27. The third-order valence-corrected chi connectivity index (χ3v) is 4.82. The van der Waals surface area contributed by atoms with Crippen LogP contribution in [0.15, 0.2) is 23.8 Å². The molecule has 34 heavy (non-hydrogen) atoms. The van der Waals surface area contributed by atoms with Crippen molar-refractivity contribution in [3.63, 3.8) is 0 Å². The molecule has 1 aliphatic heterocycles. The Morgan fingerprint density at radius 1 is 1.03 bits per heavy atom. The molecule has 0 aromatic carbocycles. The highest BCUT2D eigenvalue weighted by Crippen LogP contribution is 2.33. The fourth-order valence-corrected chi connectivity index (χ4v) is 3.57. The third kappa shape index (κ3) is 7.65. The number of nitriles is 1. The number of nitrogens with zero attached hydrogens (tertiary/aromatic N) is 1. The molecule has 1 heterocycles. The Morgan fingerprint density at radius 3 is 2.18 bits per heavy atom. The summed E-state index contributed by atoms with van der Waals surface area (Å²) in [4.78, 5) is 46.9. The van der Waals surface area contributed by atoms with Crippen LogP contribution in [0.4, 0.5) is 0 Å². The van der Waals surface area contributed by atoms with Crippen molar-refractivity contribution in [2.75, 3.05) is 6.61 Å². The SMILES string of the molecule is CC(=O)OC[C@H]1O[C@@H](O[C@@H]2C[C@@H](O)C=C/C2=C/C#N)[C@H](OC(C)=O)[C@@H](OC(C)=O)[C@@H]1OC(C)=O. The zero-order valence-corrected chi connectivity index (χ0v) is 19.2. The summed E-state index contributed by atoms with van der Waals surface area (Å²) < 4.78 is 32.8. The molecule has 0 amide bonds. The number of hydrogen-bond donors (Lipinski definition) is 1. The molecule has 0 saturated carbocycles. The number of ether oxygens (including phenoxy) is 6. The normalized spacial score (nSPS) is 31.8. The van der Waals surface area contributed by atoms with E-state index >= 15 is 0 Å². The third-order valence-electron chi connectivity index (χ3n) is 4.82.